The van der Waals surface area contributed by atoms with Gasteiger partial charge in [0.15, 0.2) is 22.6 Å². The van der Waals surface area contributed by atoms with Crippen molar-refractivity contribution in [3.63, 3.8) is 0 Å². The summed E-state index contributed by atoms with van der Waals surface area (Å²) in [5.74, 6) is 1.37. The van der Waals surface area contributed by atoms with Crippen molar-refractivity contribution in [3.05, 3.63) is 96.1 Å². The van der Waals surface area contributed by atoms with Crippen molar-refractivity contribution in [1.29, 1.82) is 0 Å². The van der Waals surface area contributed by atoms with E-state index < -0.39 is 11.0 Å². The lowest BCUT2D eigenvalue weighted by Crippen LogP contribution is -2.31. The van der Waals surface area contributed by atoms with E-state index in [0.717, 1.165) is 49.2 Å². The van der Waals surface area contributed by atoms with E-state index in [1.54, 1.807) is 31.4 Å². The Labute approximate surface area is 274 Å². The number of carbonyl (C=O) groups is 1. The first-order valence-corrected chi connectivity index (χ1v) is 16.9. The maximum atomic E-state index is 13.6. The summed E-state index contributed by atoms with van der Waals surface area (Å²) < 4.78 is 22.1. The molecule has 1 aliphatic rings. The molecule has 0 aliphatic heterocycles. The fourth-order valence-corrected chi connectivity index (χ4v) is 5.92. The summed E-state index contributed by atoms with van der Waals surface area (Å²) in [6, 6.07) is 20.5. The second-order valence-electron chi connectivity index (χ2n) is 10.8. The smallest absolute Gasteiger partial charge is 0.238 e. The Morgan fingerprint density at radius 1 is 0.978 bits per heavy atom. The second-order valence-corrected chi connectivity index (χ2v) is 12.0. The molecule has 1 amide bonds. The molecule has 5 rings (SSSR count). The van der Waals surface area contributed by atoms with Gasteiger partial charge in [-0.05, 0) is 74.3 Å². The van der Waals surface area contributed by atoms with E-state index in [9.17, 15) is 9.00 Å². The topological polar surface area (TPSA) is 108 Å². The third-order valence-corrected chi connectivity index (χ3v) is 8.14. The zero-order valence-corrected chi connectivity index (χ0v) is 28.1. The number of likely N-dealkylation sites (N-methyl/N-ethyl adjacent to an activating group) is 1. The molecule has 242 valence electrons. The van der Waals surface area contributed by atoms with Crippen LogP contribution in [0.2, 0.25) is 0 Å². The summed E-state index contributed by atoms with van der Waals surface area (Å²) in [6.07, 6.45) is 10.3. The summed E-state index contributed by atoms with van der Waals surface area (Å²) in [4.78, 5) is 24.8. The van der Waals surface area contributed by atoms with Crippen LogP contribution in [0.25, 0.3) is 11.0 Å². The molecule has 0 bridgehead atoms. The monoisotopic (exact) mass is 640 g/mol. The number of aromatic nitrogens is 2. The molecular formula is C36H44N6O3S. The highest BCUT2D eigenvalue weighted by molar-refractivity contribution is 7.86. The average Bonchev–Trinajstić information content (AvgIpc) is 3.06. The van der Waals surface area contributed by atoms with Crippen LogP contribution >= 0.6 is 0 Å². The Hall–Kier alpha value is -4.54. The standard InChI is InChI=1S/C34H38N6O3S.C2H6/c1-4-11-25-18-27(20-28(19-25)43-3)36-33-34(38-31-17-9-8-16-30(31)37-33)39-44(42)29-15-10-14-26(21-29)35-32(41)23-40(2)22-24-12-6-5-7-13-24;1-2/h5-6,8-10,12,14-21H,4,7,11,13,22-23H2,1-3H3,(H,35,41)(H,36,37)(H,38,39);1-2H3. The van der Waals surface area contributed by atoms with Crippen molar-refractivity contribution in [3.8, 4) is 5.75 Å². The molecule has 9 nitrogen and oxygen atoms in total. The van der Waals surface area contributed by atoms with Crippen LogP contribution in [0.4, 0.5) is 23.0 Å². The van der Waals surface area contributed by atoms with Crippen molar-refractivity contribution in [2.75, 3.05) is 42.6 Å². The minimum Gasteiger partial charge on any atom is -0.497 e. The average molecular weight is 641 g/mol. The Kier molecular flexibility index (Phi) is 12.9. The fraction of sp³-hybridized carbons (Fsp3) is 0.306. The minimum atomic E-state index is -1.69. The maximum Gasteiger partial charge on any atom is 0.238 e. The van der Waals surface area contributed by atoms with Crippen LogP contribution in [0, 0.1) is 0 Å². The van der Waals surface area contributed by atoms with Gasteiger partial charge in [0.25, 0.3) is 0 Å². The molecule has 0 fully saturated rings. The SMILES string of the molecule is CC.CCCc1cc(Nc2nc3ccccc3nc2NS(=O)c2cccc(NC(=O)CN(C)CC3=CC=CCC3)c2)cc(OC)c1. The third-order valence-electron chi connectivity index (χ3n) is 7.08. The van der Waals surface area contributed by atoms with Crippen molar-refractivity contribution in [2.24, 2.45) is 0 Å². The normalized spacial score (nSPS) is 13.0. The highest BCUT2D eigenvalue weighted by atomic mass is 32.2. The molecule has 0 spiro atoms. The number of nitrogens with zero attached hydrogens (tertiary/aromatic N) is 3. The Bertz CT molecular complexity index is 1720. The van der Waals surface area contributed by atoms with Crippen LogP contribution in [-0.4, -0.2) is 52.2 Å². The largest absolute Gasteiger partial charge is 0.497 e. The number of para-hydroxylation sites is 2. The van der Waals surface area contributed by atoms with Crippen LogP contribution in [0.15, 0.2) is 95.4 Å². The van der Waals surface area contributed by atoms with Crippen molar-refractivity contribution < 1.29 is 13.7 Å². The van der Waals surface area contributed by atoms with E-state index in [-0.39, 0.29) is 12.5 Å². The Morgan fingerprint density at radius 2 is 1.74 bits per heavy atom. The number of aryl methyl sites for hydroxylation is 1. The molecule has 10 heteroatoms. The first-order chi connectivity index (χ1) is 22.4. The lowest BCUT2D eigenvalue weighted by molar-refractivity contribution is -0.116. The molecule has 3 aromatic carbocycles. The maximum absolute atomic E-state index is 13.6. The number of hydrogen-bond donors (Lipinski definition) is 3. The number of carbonyl (C=O) groups excluding carboxylic acids is 1. The molecule has 0 saturated heterocycles. The number of ether oxygens (including phenoxy) is 1. The molecule has 1 aromatic heterocycles. The summed E-state index contributed by atoms with van der Waals surface area (Å²) in [7, 11) is 1.88. The fourth-order valence-electron chi connectivity index (χ4n) is 5.05. The molecule has 4 aromatic rings. The van der Waals surface area contributed by atoms with Crippen molar-refractivity contribution in [2.45, 2.75) is 51.3 Å². The predicted molar refractivity (Wildman–Crippen MR) is 190 cm³/mol. The van der Waals surface area contributed by atoms with Crippen LogP contribution in [0.1, 0.15) is 45.6 Å². The molecule has 0 saturated carbocycles. The number of anilines is 4. The van der Waals surface area contributed by atoms with E-state index in [2.05, 4.69) is 46.6 Å². The lowest BCUT2D eigenvalue weighted by Gasteiger charge is -2.19. The molecule has 3 N–H and O–H groups in total. The number of benzene rings is 3. The van der Waals surface area contributed by atoms with E-state index in [1.807, 2.05) is 62.2 Å². The number of nitrogens with one attached hydrogen (secondary N) is 3. The van der Waals surface area contributed by atoms with E-state index in [0.29, 0.717) is 33.3 Å². The van der Waals surface area contributed by atoms with Crippen LogP contribution in [0.3, 0.4) is 0 Å². The first-order valence-electron chi connectivity index (χ1n) is 15.7. The summed E-state index contributed by atoms with van der Waals surface area (Å²) >= 11 is 0. The molecule has 1 aliphatic carbocycles. The van der Waals surface area contributed by atoms with Gasteiger partial charge in [-0.3, -0.25) is 14.4 Å². The zero-order valence-electron chi connectivity index (χ0n) is 27.3. The number of methoxy groups -OCH3 is 1. The van der Waals surface area contributed by atoms with Crippen LogP contribution in [0.5, 0.6) is 5.75 Å². The van der Waals surface area contributed by atoms with Gasteiger partial charge in [0.1, 0.15) is 5.75 Å². The van der Waals surface area contributed by atoms with Gasteiger partial charge in [-0.2, -0.15) is 0 Å². The highest BCUT2D eigenvalue weighted by Crippen LogP contribution is 2.29. The number of rotatable bonds is 13. The molecule has 1 heterocycles. The predicted octanol–water partition coefficient (Wildman–Crippen LogP) is 7.64. The van der Waals surface area contributed by atoms with Gasteiger partial charge in [0.05, 0.1) is 29.6 Å². The minimum absolute atomic E-state index is 0.136. The van der Waals surface area contributed by atoms with Gasteiger partial charge in [-0.1, -0.05) is 69.2 Å². The molecule has 46 heavy (non-hydrogen) atoms. The van der Waals surface area contributed by atoms with Gasteiger partial charge in [0.2, 0.25) is 5.91 Å². The highest BCUT2D eigenvalue weighted by Gasteiger charge is 2.16. The van der Waals surface area contributed by atoms with Gasteiger partial charge >= 0.3 is 0 Å². The molecular weight excluding hydrogens is 597 g/mol. The number of amides is 1. The summed E-state index contributed by atoms with van der Waals surface area (Å²) in [6.45, 7) is 7.12. The van der Waals surface area contributed by atoms with Gasteiger partial charge in [0, 0.05) is 24.0 Å². The third kappa shape index (κ3) is 9.73. The molecule has 1 unspecified atom stereocenters. The summed E-state index contributed by atoms with van der Waals surface area (Å²) in [5, 5.41) is 6.30. The van der Waals surface area contributed by atoms with Gasteiger partial charge in [-0.25, -0.2) is 14.2 Å². The lowest BCUT2D eigenvalue weighted by atomic mass is 10.1. The Balaban J connectivity index is 0.00000235. The number of hydrogen-bond acceptors (Lipinski definition) is 7. The second kappa shape index (κ2) is 17.2. The van der Waals surface area contributed by atoms with Gasteiger partial charge in [-0.15, -0.1) is 0 Å². The zero-order chi connectivity index (χ0) is 32.9. The first kappa shape index (κ1) is 34.3. The molecule has 0 radical (unpaired) electrons. The number of fused-ring (bicyclic) bond motifs is 1. The van der Waals surface area contributed by atoms with E-state index in [1.165, 1.54) is 5.57 Å². The van der Waals surface area contributed by atoms with Crippen molar-refractivity contribution >= 4 is 50.9 Å². The quantitative estimate of drug-likeness (QED) is 0.138. The number of allylic oxidation sites excluding steroid dienone is 3. The van der Waals surface area contributed by atoms with Crippen LogP contribution in [-0.2, 0) is 22.2 Å². The van der Waals surface area contributed by atoms with E-state index in [4.69, 9.17) is 14.7 Å². The van der Waals surface area contributed by atoms with Gasteiger partial charge < -0.3 is 15.4 Å². The van der Waals surface area contributed by atoms with Crippen LogP contribution < -0.4 is 20.1 Å². The summed E-state index contributed by atoms with van der Waals surface area (Å²) in [5.41, 5.74) is 5.17. The Morgan fingerprint density at radius 3 is 2.43 bits per heavy atom. The molecule has 1 atom stereocenters. The van der Waals surface area contributed by atoms with E-state index >= 15 is 0 Å². The van der Waals surface area contributed by atoms with Crippen molar-refractivity contribution in [1.82, 2.24) is 14.9 Å².